The van der Waals surface area contributed by atoms with Crippen LogP contribution in [-0.4, -0.2) is 34.7 Å². The Hall–Kier alpha value is -0.800. The van der Waals surface area contributed by atoms with Gasteiger partial charge in [-0.15, -0.1) is 0 Å². The van der Waals surface area contributed by atoms with Crippen molar-refractivity contribution >= 4 is 0 Å². The van der Waals surface area contributed by atoms with E-state index in [1.54, 1.807) is 0 Å². The summed E-state index contributed by atoms with van der Waals surface area (Å²) < 4.78 is 2.49. The first-order chi connectivity index (χ1) is 9.15. The normalized spacial score (nSPS) is 25.5. The van der Waals surface area contributed by atoms with Gasteiger partial charge in [0.2, 0.25) is 0 Å². The van der Waals surface area contributed by atoms with Crippen LogP contribution in [0, 0.1) is 12.8 Å². The monoisotopic (exact) mass is 262 g/mol. The van der Waals surface area contributed by atoms with E-state index < -0.39 is 0 Å². The van der Waals surface area contributed by atoms with Crippen molar-refractivity contribution in [2.75, 3.05) is 20.1 Å². The molecule has 3 rings (SSSR count). The number of hydrogen-bond donors (Lipinski definition) is 1. The molecular formula is C16H26N2O. The maximum Gasteiger partial charge on any atom is 0.0807 e. The van der Waals surface area contributed by atoms with Crippen molar-refractivity contribution in [3.05, 3.63) is 23.0 Å². The Labute approximate surface area is 116 Å². The average Bonchev–Trinajstić information content (AvgIpc) is 2.71. The number of aliphatic hydroxyl groups is 1. The number of aliphatic hydroxyl groups excluding tert-OH is 1. The zero-order valence-electron chi connectivity index (χ0n) is 12.2. The third kappa shape index (κ3) is 2.59. The van der Waals surface area contributed by atoms with E-state index in [0.717, 1.165) is 31.7 Å². The van der Waals surface area contributed by atoms with E-state index in [9.17, 15) is 5.11 Å². The first-order valence-corrected chi connectivity index (χ1v) is 7.70. The second-order valence-corrected chi connectivity index (χ2v) is 6.45. The Bertz CT molecular complexity index is 444. The lowest BCUT2D eigenvalue weighted by Gasteiger charge is -2.30. The van der Waals surface area contributed by atoms with Gasteiger partial charge in [-0.05, 0) is 71.1 Å². The second kappa shape index (κ2) is 5.29. The standard InChI is InChI=1S/C16H26N2O/c1-12-10-14-15(4-3-5-16(14)19)18(12)11-13-6-8-17(2)9-7-13/h10,13,16,19H,3-9,11H2,1-2H3. The Morgan fingerprint density at radius 2 is 2.00 bits per heavy atom. The third-order valence-corrected chi connectivity index (χ3v) is 4.98. The predicted molar refractivity (Wildman–Crippen MR) is 77.3 cm³/mol. The van der Waals surface area contributed by atoms with Crippen molar-refractivity contribution in [2.24, 2.45) is 5.92 Å². The molecule has 2 heterocycles. The van der Waals surface area contributed by atoms with Crippen molar-refractivity contribution in [3.63, 3.8) is 0 Å². The molecule has 106 valence electrons. The van der Waals surface area contributed by atoms with Crippen LogP contribution in [-0.2, 0) is 13.0 Å². The largest absolute Gasteiger partial charge is 0.388 e. The Morgan fingerprint density at radius 1 is 1.26 bits per heavy atom. The fourth-order valence-electron chi connectivity index (χ4n) is 3.70. The molecule has 1 fully saturated rings. The summed E-state index contributed by atoms with van der Waals surface area (Å²) in [5, 5.41) is 10.1. The van der Waals surface area contributed by atoms with Crippen LogP contribution < -0.4 is 0 Å². The highest BCUT2D eigenvalue weighted by molar-refractivity contribution is 5.31. The minimum absolute atomic E-state index is 0.221. The van der Waals surface area contributed by atoms with Gasteiger partial charge in [0.1, 0.15) is 0 Å². The summed E-state index contributed by atoms with van der Waals surface area (Å²) in [6.07, 6.45) is 5.61. The zero-order valence-corrected chi connectivity index (χ0v) is 12.2. The zero-order chi connectivity index (χ0) is 13.4. The lowest BCUT2D eigenvalue weighted by atomic mass is 9.94. The molecule has 1 aromatic rings. The van der Waals surface area contributed by atoms with E-state index >= 15 is 0 Å². The van der Waals surface area contributed by atoms with Gasteiger partial charge < -0.3 is 14.6 Å². The van der Waals surface area contributed by atoms with E-state index in [2.05, 4.69) is 29.5 Å². The van der Waals surface area contributed by atoms with E-state index in [1.165, 1.54) is 42.9 Å². The molecule has 0 aromatic carbocycles. The van der Waals surface area contributed by atoms with E-state index in [1.807, 2.05) is 0 Å². The number of piperidine rings is 1. The molecule has 1 aliphatic carbocycles. The molecule has 1 aliphatic heterocycles. The van der Waals surface area contributed by atoms with E-state index in [-0.39, 0.29) is 6.10 Å². The molecule has 1 unspecified atom stereocenters. The number of hydrogen-bond acceptors (Lipinski definition) is 2. The first-order valence-electron chi connectivity index (χ1n) is 7.70. The number of rotatable bonds is 2. The number of aryl methyl sites for hydroxylation is 1. The Kier molecular flexibility index (Phi) is 3.68. The van der Waals surface area contributed by atoms with Crippen molar-refractivity contribution in [2.45, 2.75) is 51.7 Å². The van der Waals surface area contributed by atoms with Gasteiger partial charge in [0.25, 0.3) is 0 Å². The molecule has 3 nitrogen and oxygen atoms in total. The van der Waals surface area contributed by atoms with Crippen LogP contribution in [0.1, 0.15) is 48.7 Å². The highest BCUT2D eigenvalue weighted by Crippen LogP contribution is 2.33. The van der Waals surface area contributed by atoms with Gasteiger partial charge >= 0.3 is 0 Å². The van der Waals surface area contributed by atoms with Crippen molar-refractivity contribution < 1.29 is 5.11 Å². The molecule has 0 bridgehead atoms. The first kappa shape index (κ1) is 13.2. The van der Waals surface area contributed by atoms with Crippen molar-refractivity contribution in [1.29, 1.82) is 0 Å². The van der Waals surface area contributed by atoms with E-state index in [4.69, 9.17) is 0 Å². The predicted octanol–water partition coefficient (Wildman–Crippen LogP) is 2.51. The summed E-state index contributed by atoms with van der Waals surface area (Å²) in [6.45, 7) is 5.81. The maximum atomic E-state index is 10.1. The number of aromatic nitrogens is 1. The minimum atomic E-state index is -0.221. The molecular weight excluding hydrogens is 236 g/mol. The molecule has 0 amide bonds. The Balaban J connectivity index is 1.77. The van der Waals surface area contributed by atoms with Crippen LogP contribution in [0.4, 0.5) is 0 Å². The second-order valence-electron chi connectivity index (χ2n) is 6.45. The topological polar surface area (TPSA) is 28.4 Å². The minimum Gasteiger partial charge on any atom is -0.388 e. The molecule has 0 radical (unpaired) electrons. The van der Waals surface area contributed by atoms with Crippen molar-refractivity contribution in [1.82, 2.24) is 9.47 Å². The summed E-state index contributed by atoms with van der Waals surface area (Å²) >= 11 is 0. The fraction of sp³-hybridized carbons (Fsp3) is 0.750. The number of nitrogens with zero attached hydrogens (tertiary/aromatic N) is 2. The van der Waals surface area contributed by atoms with Crippen molar-refractivity contribution in [3.8, 4) is 0 Å². The van der Waals surface area contributed by atoms with Crippen LogP contribution in [0.15, 0.2) is 6.07 Å². The van der Waals surface area contributed by atoms with Crippen LogP contribution in [0.3, 0.4) is 0 Å². The molecule has 19 heavy (non-hydrogen) atoms. The molecule has 1 atom stereocenters. The number of likely N-dealkylation sites (tertiary alicyclic amines) is 1. The molecule has 3 heteroatoms. The molecule has 1 saturated heterocycles. The molecule has 1 aromatic heterocycles. The van der Waals surface area contributed by atoms with Gasteiger partial charge in [0, 0.05) is 23.5 Å². The summed E-state index contributed by atoms with van der Waals surface area (Å²) in [5.74, 6) is 0.811. The summed E-state index contributed by atoms with van der Waals surface area (Å²) in [7, 11) is 2.22. The van der Waals surface area contributed by atoms with Crippen LogP contribution >= 0.6 is 0 Å². The molecule has 1 N–H and O–H groups in total. The van der Waals surface area contributed by atoms with E-state index in [0.29, 0.717) is 0 Å². The van der Waals surface area contributed by atoms with Gasteiger partial charge in [0.15, 0.2) is 0 Å². The highest BCUT2D eigenvalue weighted by Gasteiger charge is 2.25. The lowest BCUT2D eigenvalue weighted by Crippen LogP contribution is -2.32. The van der Waals surface area contributed by atoms with Crippen LogP contribution in [0.25, 0.3) is 0 Å². The van der Waals surface area contributed by atoms with Gasteiger partial charge in [-0.25, -0.2) is 0 Å². The van der Waals surface area contributed by atoms with Crippen LogP contribution in [0.5, 0.6) is 0 Å². The summed E-state index contributed by atoms with van der Waals surface area (Å²) in [6, 6.07) is 2.22. The average molecular weight is 262 g/mol. The lowest BCUT2D eigenvalue weighted by molar-refractivity contribution is 0.154. The van der Waals surface area contributed by atoms with Gasteiger partial charge in [-0.2, -0.15) is 0 Å². The smallest absolute Gasteiger partial charge is 0.0807 e. The van der Waals surface area contributed by atoms with Gasteiger partial charge in [-0.3, -0.25) is 0 Å². The molecule has 0 saturated carbocycles. The maximum absolute atomic E-state index is 10.1. The summed E-state index contributed by atoms with van der Waals surface area (Å²) in [4.78, 5) is 2.43. The van der Waals surface area contributed by atoms with Crippen LogP contribution in [0.2, 0.25) is 0 Å². The van der Waals surface area contributed by atoms with Gasteiger partial charge in [-0.1, -0.05) is 0 Å². The SMILES string of the molecule is Cc1cc2c(n1CC1CCN(C)CC1)CCCC2O. The highest BCUT2D eigenvalue weighted by atomic mass is 16.3. The number of fused-ring (bicyclic) bond motifs is 1. The third-order valence-electron chi connectivity index (χ3n) is 4.98. The molecule has 2 aliphatic rings. The quantitative estimate of drug-likeness (QED) is 0.887. The summed E-state index contributed by atoms with van der Waals surface area (Å²) in [5.41, 5.74) is 3.96. The Morgan fingerprint density at radius 3 is 2.74 bits per heavy atom. The fourth-order valence-corrected chi connectivity index (χ4v) is 3.70. The molecule has 0 spiro atoms. The van der Waals surface area contributed by atoms with Gasteiger partial charge in [0.05, 0.1) is 6.10 Å².